The zero-order valence-corrected chi connectivity index (χ0v) is 12.3. The average molecular weight is 325 g/mol. The molecular weight excluding hydrogens is 311 g/mol. The Balaban J connectivity index is 2.13. The molecule has 0 atom stereocenters. The third kappa shape index (κ3) is 3.29. The largest absolute Gasteiger partial charge is 0.294 e. The Morgan fingerprint density at radius 2 is 2.16 bits per heavy atom. The highest BCUT2D eigenvalue weighted by Crippen LogP contribution is 2.17. The fraction of sp³-hybridized carbons (Fsp3) is 0.286. The Kier molecular flexibility index (Phi) is 4.14. The van der Waals surface area contributed by atoms with Crippen LogP contribution in [0.1, 0.15) is 35.9 Å². The number of halogens is 2. The van der Waals surface area contributed by atoms with Gasteiger partial charge in [0.15, 0.2) is 5.78 Å². The number of carbonyl (C=O) groups excluding carboxylic acids is 1. The van der Waals surface area contributed by atoms with E-state index in [0.29, 0.717) is 15.7 Å². The Morgan fingerprint density at radius 3 is 2.74 bits per heavy atom. The van der Waals surface area contributed by atoms with Gasteiger partial charge in [-0.05, 0) is 48.0 Å². The zero-order valence-electron chi connectivity index (χ0n) is 10.7. The molecule has 1 heterocycles. The fourth-order valence-electron chi connectivity index (χ4n) is 1.70. The lowest BCUT2D eigenvalue weighted by Gasteiger charge is -2.04. The molecule has 3 nitrogen and oxygen atoms in total. The summed E-state index contributed by atoms with van der Waals surface area (Å²) in [6.07, 6.45) is 2.02. The number of nitrogens with zero attached hydrogens (tertiary/aromatic N) is 2. The van der Waals surface area contributed by atoms with Gasteiger partial charge in [-0.15, -0.1) is 0 Å². The minimum atomic E-state index is -0.432. The summed E-state index contributed by atoms with van der Waals surface area (Å²) >= 11 is 3.06. The third-order valence-corrected chi connectivity index (χ3v) is 3.42. The molecule has 0 N–H and O–H groups in total. The van der Waals surface area contributed by atoms with E-state index < -0.39 is 5.82 Å². The van der Waals surface area contributed by atoms with Crippen molar-refractivity contribution < 1.29 is 9.18 Å². The predicted octanol–water partition coefficient (Wildman–Crippen LogP) is 3.79. The van der Waals surface area contributed by atoms with Crippen molar-refractivity contribution in [2.45, 2.75) is 26.3 Å². The van der Waals surface area contributed by atoms with Crippen molar-refractivity contribution in [1.82, 2.24) is 9.78 Å². The molecule has 1 aromatic heterocycles. The number of benzene rings is 1. The minimum Gasteiger partial charge on any atom is -0.294 e. The molecule has 19 heavy (non-hydrogen) atoms. The molecule has 2 aromatic rings. The molecule has 5 heteroatoms. The van der Waals surface area contributed by atoms with Crippen LogP contribution in [-0.2, 0) is 6.42 Å². The fourth-order valence-corrected chi connectivity index (χ4v) is 1.94. The van der Waals surface area contributed by atoms with Crippen molar-refractivity contribution in [3.63, 3.8) is 0 Å². The smallest absolute Gasteiger partial charge is 0.168 e. The number of rotatable bonds is 4. The second-order valence-electron chi connectivity index (χ2n) is 4.61. The van der Waals surface area contributed by atoms with Gasteiger partial charge >= 0.3 is 0 Å². The van der Waals surface area contributed by atoms with Gasteiger partial charge in [0.2, 0.25) is 0 Å². The summed E-state index contributed by atoms with van der Waals surface area (Å²) in [4.78, 5) is 12.0. The van der Waals surface area contributed by atoms with Gasteiger partial charge in [0.25, 0.3) is 0 Å². The normalized spacial score (nSPS) is 11.0. The lowest BCUT2D eigenvalue weighted by Crippen LogP contribution is -2.07. The van der Waals surface area contributed by atoms with Gasteiger partial charge in [-0.2, -0.15) is 5.10 Å². The Bertz CT molecular complexity index is 607. The Hall–Kier alpha value is -1.49. The van der Waals surface area contributed by atoms with E-state index >= 15 is 0 Å². The van der Waals surface area contributed by atoms with Crippen LogP contribution in [0.4, 0.5) is 4.39 Å². The molecule has 1 aromatic carbocycles. The van der Waals surface area contributed by atoms with Crippen LogP contribution >= 0.6 is 15.9 Å². The molecule has 0 unspecified atom stereocenters. The average Bonchev–Trinajstić information content (AvgIpc) is 2.81. The van der Waals surface area contributed by atoms with E-state index in [1.807, 2.05) is 26.1 Å². The first-order valence-electron chi connectivity index (χ1n) is 5.99. The molecule has 0 aliphatic rings. The zero-order chi connectivity index (χ0) is 14.0. The molecule has 0 radical (unpaired) electrons. The van der Waals surface area contributed by atoms with Crippen LogP contribution < -0.4 is 0 Å². The summed E-state index contributed by atoms with van der Waals surface area (Å²) < 4.78 is 15.5. The number of aromatic nitrogens is 2. The molecule has 100 valence electrons. The van der Waals surface area contributed by atoms with Crippen LogP contribution in [-0.4, -0.2) is 15.6 Å². The highest BCUT2D eigenvalue weighted by atomic mass is 79.9. The molecule has 0 spiro atoms. The highest BCUT2D eigenvalue weighted by molar-refractivity contribution is 9.10. The maximum Gasteiger partial charge on any atom is 0.168 e. The van der Waals surface area contributed by atoms with Gasteiger partial charge in [0.1, 0.15) is 5.82 Å². The van der Waals surface area contributed by atoms with E-state index in [0.717, 1.165) is 0 Å². The first-order chi connectivity index (χ1) is 8.97. The number of carbonyl (C=O) groups is 1. The molecular formula is C14H14BrFN2O. The van der Waals surface area contributed by atoms with E-state index in [9.17, 15) is 9.18 Å². The second-order valence-corrected chi connectivity index (χ2v) is 5.46. The molecule has 0 saturated carbocycles. The molecule has 2 rings (SSSR count). The van der Waals surface area contributed by atoms with Crippen LogP contribution in [0.5, 0.6) is 0 Å². The Labute approximate surface area is 119 Å². The Morgan fingerprint density at radius 1 is 1.42 bits per heavy atom. The standard InChI is InChI=1S/C14H14BrFN2O/c1-9(2)18-6-5-11(17-18)8-14(19)10-3-4-12(15)13(16)7-10/h3-7,9H,8H2,1-2H3. The van der Waals surface area contributed by atoms with Gasteiger partial charge in [0, 0.05) is 17.8 Å². The van der Waals surface area contributed by atoms with E-state index in [-0.39, 0.29) is 18.2 Å². The van der Waals surface area contributed by atoms with Gasteiger partial charge in [0.05, 0.1) is 16.6 Å². The molecule has 0 saturated heterocycles. The molecule has 0 aliphatic carbocycles. The van der Waals surface area contributed by atoms with E-state index in [1.165, 1.54) is 12.1 Å². The van der Waals surface area contributed by atoms with E-state index in [2.05, 4.69) is 21.0 Å². The van der Waals surface area contributed by atoms with Gasteiger partial charge in [-0.25, -0.2) is 4.39 Å². The third-order valence-electron chi connectivity index (χ3n) is 2.78. The topological polar surface area (TPSA) is 34.9 Å². The van der Waals surface area contributed by atoms with Crippen molar-refractivity contribution in [3.05, 3.63) is 52.0 Å². The minimum absolute atomic E-state index is 0.139. The highest BCUT2D eigenvalue weighted by Gasteiger charge is 2.12. The molecule has 0 fully saturated rings. The quantitative estimate of drug-likeness (QED) is 0.802. The first-order valence-corrected chi connectivity index (χ1v) is 6.79. The maximum absolute atomic E-state index is 13.4. The van der Waals surface area contributed by atoms with Crippen LogP contribution in [0.25, 0.3) is 0 Å². The van der Waals surface area contributed by atoms with Crippen LogP contribution in [0.3, 0.4) is 0 Å². The van der Waals surface area contributed by atoms with Gasteiger partial charge in [-0.1, -0.05) is 6.07 Å². The van der Waals surface area contributed by atoms with Crippen molar-refractivity contribution in [1.29, 1.82) is 0 Å². The lowest BCUT2D eigenvalue weighted by molar-refractivity contribution is 0.0991. The van der Waals surface area contributed by atoms with E-state index in [4.69, 9.17) is 0 Å². The summed E-state index contributed by atoms with van der Waals surface area (Å²) in [6.45, 7) is 4.03. The number of hydrogen-bond donors (Lipinski definition) is 0. The van der Waals surface area contributed by atoms with Crippen molar-refractivity contribution in [2.75, 3.05) is 0 Å². The van der Waals surface area contributed by atoms with Gasteiger partial charge < -0.3 is 0 Å². The van der Waals surface area contributed by atoms with Crippen LogP contribution in [0.15, 0.2) is 34.9 Å². The van der Waals surface area contributed by atoms with Gasteiger partial charge in [-0.3, -0.25) is 9.48 Å². The maximum atomic E-state index is 13.4. The summed E-state index contributed by atoms with van der Waals surface area (Å²) in [6, 6.07) is 6.46. The molecule has 0 amide bonds. The molecule has 0 bridgehead atoms. The van der Waals surface area contributed by atoms with E-state index in [1.54, 1.807) is 10.7 Å². The summed E-state index contributed by atoms with van der Waals surface area (Å²) in [5.41, 5.74) is 1.06. The summed E-state index contributed by atoms with van der Waals surface area (Å²) in [7, 11) is 0. The van der Waals surface area contributed by atoms with Crippen LogP contribution in [0.2, 0.25) is 0 Å². The van der Waals surface area contributed by atoms with Crippen molar-refractivity contribution in [2.24, 2.45) is 0 Å². The van der Waals surface area contributed by atoms with Crippen molar-refractivity contribution >= 4 is 21.7 Å². The summed E-state index contributed by atoms with van der Waals surface area (Å²) in [5, 5.41) is 4.31. The monoisotopic (exact) mass is 324 g/mol. The number of hydrogen-bond acceptors (Lipinski definition) is 2. The second kappa shape index (κ2) is 5.65. The van der Waals surface area contributed by atoms with Crippen LogP contribution in [0, 0.1) is 5.82 Å². The lowest BCUT2D eigenvalue weighted by atomic mass is 10.1. The number of ketones is 1. The number of Topliss-reactive ketones (excluding diaryl/α,β-unsaturated/α-hetero) is 1. The predicted molar refractivity (Wildman–Crippen MR) is 74.7 cm³/mol. The molecule has 0 aliphatic heterocycles. The summed E-state index contributed by atoms with van der Waals surface area (Å²) in [5.74, 6) is -0.570. The SMILES string of the molecule is CC(C)n1ccc(CC(=O)c2ccc(Br)c(F)c2)n1. The van der Waals surface area contributed by atoms with Crippen molar-refractivity contribution in [3.8, 4) is 0 Å². The first kappa shape index (κ1) is 13.9.